The van der Waals surface area contributed by atoms with Crippen LogP contribution in [0.15, 0.2) is 18.3 Å². The SMILES string of the molecule is CN1CCN(C(=O)Cn2cc3cc(NC(=O)OC(C)(C)C)c(OC(F)(F)F)cc3n2)CC1. The van der Waals surface area contributed by atoms with E-state index in [9.17, 15) is 22.8 Å². The number of amides is 2. The minimum Gasteiger partial charge on any atom is -0.444 e. The van der Waals surface area contributed by atoms with Crippen LogP contribution in [0.3, 0.4) is 0 Å². The Morgan fingerprint density at radius 2 is 1.78 bits per heavy atom. The third kappa shape index (κ3) is 6.49. The van der Waals surface area contributed by atoms with Crippen molar-refractivity contribution in [2.45, 2.75) is 39.3 Å². The fourth-order valence-electron chi connectivity index (χ4n) is 3.20. The summed E-state index contributed by atoms with van der Waals surface area (Å²) in [7, 11) is 1.98. The van der Waals surface area contributed by atoms with Crippen LogP contribution in [0.2, 0.25) is 0 Å². The molecule has 2 heterocycles. The van der Waals surface area contributed by atoms with E-state index in [1.165, 1.54) is 16.9 Å². The molecule has 1 aromatic heterocycles. The molecule has 0 radical (unpaired) electrons. The molecule has 1 fully saturated rings. The van der Waals surface area contributed by atoms with E-state index in [0.29, 0.717) is 18.5 Å². The van der Waals surface area contributed by atoms with E-state index in [-0.39, 0.29) is 23.7 Å². The van der Waals surface area contributed by atoms with Crippen molar-refractivity contribution in [3.63, 3.8) is 0 Å². The van der Waals surface area contributed by atoms with Crippen LogP contribution in [0.1, 0.15) is 20.8 Å². The van der Waals surface area contributed by atoms with Gasteiger partial charge in [-0.15, -0.1) is 13.2 Å². The number of carbonyl (C=O) groups excluding carboxylic acids is 2. The number of benzene rings is 1. The van der Waals surface area contributed by atoms with Gasteiger partial charge in [0.15, 0.2) is 5.75 Å². The first-order valence-corrected chi connectivity index (χ1v) is 10.0. The molecule has 1 N–H and O–H groups in total. The highest BCUT2D eigenvalue weighted by molar-refractivity contribution is 5.93. The van der Waals surface area contributed by atoms with Crippen molar-refractivity contribution in [3.05, 3.63) is 18.3 Å². The maximum absolute atomic E-state index is 12.9. The van der Waals surface area contributed by atoms with Gasteiger partial charge < -0.3 is 19.3 Å². The van der Waals surface area contributed by atoms with E-state index >= 15 is 0 Å². The summed E-state index contributed by atoms with van der Waals surface area (Å²) in [6.45, 7) is 7.57. The van der Waals surface area contributed by atoms with Crippen molar-refractivity contribution < 1.29 is 32.2 Å². The number of aromatic nitrogens is 2. The molecule has 0 spiro atoms. The molecule has 0 bridgehead atoms. The molecule has 0 aliphatic carbocycles. The molecular formula is C20H26F3N5O4. The number of ether oxygens (including phenoxy) is 2. The number of hydrogen-bond donors (Lipinski definition) is 1. The normalized spacial score (nSPS) is 15.7. The second-order valence-corrected chi connectivity index (χ2v) is 8.59. The zero-order chi connectivity index (χ0) is 23.7. The van der Waals surface area contributed by atoms with Gasteiger partial charge in [0, 0.05) is 43.8 Å². The van der Waals surface area contributed by atoms with E-state index in [1.807, 2.05) is 7.05 Å². The number of halogens is 3. The summed E-state index contributed by atoms with van der Waals surface area (Å²) < 4.78 is 49.2. The molecule has 1 aliphatic heterocycles. The number of nitrogens with zero attached hydrogens (tertiary/aromatic N) is 4. The van der Waals surface area contributed by atoms with Gasteiger partial charge in [0.2, 0.25) is 5.91 Å². The summed E-state index contributed by atoms with van der Waals surface area (Å²) in [6.07, 6.45) is -4.37. The molecule has 9 nitrogen and oxygen atoms in total. The predicted octanol–water partition coefficient (Wildman–Crippen LogP) is 3.06. The van der Waals surface area contributed by atoms with E-state index in [2.05, 4.69) is 20.1 Å². The molecule has 1 aliphatic rings. The fraction of sp³-hybridized carbons (Fsp3) is 0.550. The molecule has 2 aromatic rings. The zero-order valence-electron chi connectivity index (χ0n) is 18.3. The first-order valence-electron chi connectivity index (χ1n) is 10.0. The number of piperazine rings is 1. The van der Waals surface area contributed by atoms with Gasteiger partial charge in [-0.2, -0.15) is 5.10 Å². The fourth-order valence-corrected chi connectivity index (χ4v) is 3.20. The second-order valence-electron chi connectivity index (χ2n) is 8.59. The molecule has 12 heteroatoms. The minimum absolute atomic E-state index is 0.0529. The van der Waals surface area contributed by atoms with Gasteiger partial charge in [0.25, 0.3) is 0 Å². The monoisotopic (exact) mass is 457 g/mol. The van der Waals surface area contributed by atoms with Crippen LogP contribution in [0, 0.1) is 0 Å². The summed E-state index contributed by atoms with van der Waals surface area (Å²) in [5.74, 6) is -0.767. The Labute approximate surface area is 183 Å². The van der Waals surface area contributed by atoms with Crippen LogP contribution < -0.4 is 10.1 Å². The van der Waals surface area contributed by atoms with Crippen molar-refractivity contribution in [2.75, 3.05) is 38.5 Å². The third-order valence-electron chi connectivity index (χ3n) is 4.67. The molecular weight excluding hydrogens is 431 g/mol. The zero-order valence-corrected chi connectivity index (χ0v) is 18.3. The first kappa shape index (κ1) is 23.6. The Morgan fingerprint density at radius 1 is 1.12 bits per heavy atom. The molecule has 2 amide bonds. The summed E-state index contributed by atoms with van der Waals surface area (Å²) in [4.78, 5) is 28.5. The average molecular weight is 457 g/mol. The highest BCUT2D eigenvalue weighted by atomic mass is 19.4. The summed E-state index contributed by atoms with van der Waals surface area (Å²) in [6, 6.07) is 2.36. The number of fused-ring (bicyclic) bond motifs is 1. The molecule has 1 aromatic carbocycles. The lowest BCUT2D eigenvalue weighted by atomic mass is 10.2. The number of anilines is 1. The largest absolute Gasteiger partial charge is 0.573 e. The standard InChI is InChI=1S/C20H26F3N5O4/c1-19(2,3)32-18(30)24-15-9-13-11-28(12-17(29)27-7-5-26(4)6-8-27)25-14(13)10-16(15)31-20(21,22)23/h9-11H,5-8,12H2,1-4H3,(H,24,30). The maximum Gasteiger partial charge on any atom is 0.573 e. The van der Waals surface area contributed by atoms with Gasteiger partial charge in [0.1, 0.15) is 12.1 Å². The summed E-state index contributed by atoms with van der Waals surface area (Å²) in [5, 5.41) is 6.91. The minimum atomic E-state index is -4.97. The Morgan fingerprint density at radius 3 is 2.38 bits per heavy atom. The van der Waals surface area contributed by atoms with Crippen molar-refractivity contribution in [2.24, 2.45) is 0 Å². The molecule has 1 saturated heterocycles. The van der Waals surface area contributed by atoms with Gasteiger partial charge in [-0.3, -0.25) is 14.8 Å². The Hall–Kier alpha value is -3.02. The van der Waals surface area contributed by atoms with E-state index in [0.717, 1.165) is 19.2 Å². The lowest BCUT2D eigenvalue weighted by Crippen LogP contribution is -2.48. The lowest BCUT2D eigenvalue weighted by molar-refractivity contribution is -0.274. The van der Waals surface area contributed by atoms with Crippen LogP contribution >= 0.6 is 0 Å². The van der Waals surface area contributed by atoms with Gasteiger partial charge >= 0.3 is 12.5 Å². The van der Waals surface area contributed by atoms with Crippen LogP contribution in [0.25, 0.3) is 10.9 Å². The highest BCUT2D eigenvalue weighted by Gasteiger charge is 2.33. The number of hydrogen-bond acceptors (Lipinski definition) is 6. The number of rotatable bonds is 4. The van der Waals surface area contributed by atoms with Crippen LogP contribution in [0.4, 0.5) is 23.7 Å². The maximum atomic E-state index is 12.9. The van der Waals surface area contributed by atoms with Crippen LogP contribution in [0.5, 0.6) is 5.75 Å². The third-order valence-corrected chi connectivity index (χ3v) is 4.67. The first-order chi connectivity index (χ1) is 14.8. The lowest BCUT2D eigenvalue weighted by Gasteiger charge is -2.32. The van der Waals surface area contributed by atoms with E-state index < -0.39 is 23.8 Å². The Bertz CT molecular complexity index is 992. The number of alkyl halides is 3. The smallest absolute Gasteiger partial charge is 0.444 e. The van der Waals surface area contributed by atoms with Crippen LogP contribution in [-0.2, 0) is 16.1 Å². The Kier molecular flexibility index (Phi) is 6.54. The molecule has 176 valence electrons. The van der Waals surface area contributed by atoms with E-state index in [1.54, 1.807) is 25.7 Å². The van der Waals surface area contributed by atoms with Crippen LogP contribution in [-0.4, -0.2) is 76.8 Å². The van der Waals surface area contributed by atoms with Gasteiger partial charge in [-0.1, -0.05) is 0 Å². The highest BCUT2D eigenvalue weighted by Crippen LogP contribution is 2.34. The molecule has 0 saturated carbocycles. The second kappa shape index (κ2) is 8.85. The molecule has 0 unspecified atom stereocenters. The summed E-state index contributed by atoms with van der Waals surface area (Å²) in [5.41, 5.74) is -0.882. The van der Waals surface area contributed by atoms with E-state index in [4.69, 9.17) is 4.74 Å². The summed E-state index contributed by atoms with van der Waals surface area (Å²) >= 11 is 0. The quantitative estimate of drug-likeness (QED) is 0.759. The Balaban J connectivity index is 1.84. The number of carbonyl (C=O) groups is 2. The van der Waals surface area contributed by atoms with Gasteiger partial charge in [0.05, 0.1) is 11.2 Å². The molecule has 0 atom stereocenters. The van der Waals surface area contributed by atoms with Crippen molar-refractivity contribution in [3.8, 4) is 5.75 Å². The van der Waals surface area contributed by atoms with Crippen molar-refractivity contribution >= 4 is 28.6 Å². The van der Waals surface area contributed by atoms with Gasteiger partial charge in [-0.05, 0) is 33.9 Å². The topological polar surface area (TPSA) is 88.9 Å². The molecule has 32 heavy (non-hydrogen) atoms. The van der Waals surface area contributed by atoms with Crippen molar-refractivity contribution in [1.82, 2.24) is 19.6 Å². The number of nitrogens with one attached hydrogen (secondary N) is 1. The average Bonchev–Trinajstić information content (AvgIpc) is 3.00. The van der Waals surface area contributed by atoms with Gasteiger partial charge in [-0.25, -0.2) is 4.79 Å². The van der Waals surface area contributed by atoms with Crippen molar-refractivity contribution in [1.29, 1.82) is 0 Å². The predicted molar refractivity (Wildman–Crippen MR) is 110 cm³/mol. The number of likely N-dealkylation sites (N-methyl/N-ethyl adjacent to an activating group) is 1. The molecule has 3 rings (SSSR count).